The van der Waals surface area contributed by atoms with Crippen molar-refractivity contribution in [3.8, 4) is 0 Å². The van der Waals surface area contributed by atoms with Crippen LogP contribution in [0.5, 0.6) is 0 Å². The van der Waals surface area contributed by atoms with E-state index >= 15 is 0 Å². The number of hydrogen-bond donors (Lipinski definition) is 0. The van der Waals surface area contributed by atoms with Gasteiger partial charge < -0.3 is 0 Å². The first-order chi connectivity index (χ1) is 11.7. The second kappa shape index (κ2) is 6.56. The summed E-state index contributed by atoms with van der Waals surface area (Å²) in [5, 5.41) is 0. The van der Waals surface area contributed by atoms with Gasteiger partial charge in [0, 0.05) is 0 Å². The Labute approximate surface area is 157 Å². The van der Waals surface area contributed by atoms with Crippen LogP contribution in [-0.2, 0) is 11.3 Å². The van der Waals surface area contributed by atoms with Crippen LogP contribution in [0.15, 0.2) is 12.1 Å². The monoisotopic (exact) mass is 407 g/mol. The molecule has 136 valence electrons. The summed E-state index contributed by atoms with van der Waals surface area (Å²) in [4.78, 5) is 30.4. The van der Waals surface area contributed by atoms with E-state index in [0.29, 0.717) is 19.6 Å². The molecule has 2 amide bonds. The molecule has 2 aliphatic rings. The van der Waals surface area contributed by atoms with Gasteiger partial charge in [-0.05, 0) is 0 Å². The minimum absolute atomic E-state index is 0.114. The molecule has 0 spiro atoms. The van der Waals surface area contributed by atoms with Gasteiger partial charge in [-0.3, -0.25) is 0 Å². The van der Waals surface area contributed by atoms with Gasteiger partial charge in [0.05, 0.1) is 0 Å². The maximum absolute atomic E-state index is 12.4. The molecule has 1 unspecified atom stereocenters. The van der Waals surface area contributed by atoms with Crippen molar-refractivity contribution in [2.45, 2.75) is 32.9 Å². The second-order valence-electron chi connectivity index (χ2n) is 7.64. The van der Waals surface area contributed by atoms with Crippen LogP contribution >= 0.6 is 0 Å². The third kappa shape index (κ3) is 3.64. The number of benzene rings is 1. The van der Waals surface area contributed by atoms with Gasteiger partial charge in [-0.25, -0.2) is 0 Å². The van der Waals surface area contributed by atoms with Crippen molar-refractivity contribution in [1.29, 1.82) is 0 Å². The molecule has 1 aromatic rings. The van der Waals surface area contributed by atoms with E-state index in [1.54, 1.807) is 9.80 Å². The zero-order chi connectivity index (χ0) is 18.4. The SMILES string of the molecule is CN1Cc2c(N3CCN(C(=O)OC(C)(C)C)CC3)ccc([AsH2])c2C1=O. The van der Waals surface area contributed by atoms with E-state index in [0.717, 1.165) is 34.3 Å². The summed E-state index contributed by atoms with van der Waals surface area (Å²) in [6.45, 7) is 9.06. The normalized spacial score (nSPS) is 17.8. The molecule has 3 rings (SSSR count). The predicted molar refractivity (Wildman–Crippen MR) is 100 cm³/mol. The molecule has 0 saturated carbocycles. The second-order valence-corrected chi connectivity index (χ2v) is 8.95. The number of carbonyl (C=O) groups is 2. The molecule has 2 aliphatic heterocycles. The van der Waals surface area contributed by atoms with Crippen LogP contribution < -0.4 is 9.25 Å². The zero-order valence-electron chi connectivity index (χ0n) is 15.3. The fourth-order valence-electron chi connectivity index (χ4n) is 3.32. The molecule has 1 fully saturated rings. The van der Waals surface area contributed by atoms with Crippen molar-refractivity contribution in [2.24, 2.45) is 0 Å². The van der Waals surface area contributed by atoms with Gasteiger partial charge >= 0.3 is 157 Å². The summed E-state index contributed by atoms with van der Waals surface area (Å²) in [5.41, 5.74) is 2.64. The number of fused-ring (bicyclic) bond motifs is 1. The molecular weight excluding hydrogens is 381 g/mol. The first kappa shape index (κ1) is 18.1. The van der Waals surface area contributed by atoms with E-state index in [9.17, 15) is 9.59 Å². The third-order valence-corrected chi connectivity index (χ3v) is 5.56. The molecule has 1 saturated heterocycles. The predicted octanol–water partition coefficient (Wildman–Crippen LogP) is 0.588. The summed E-state index contributed by atoms with van der Waals surface area (Å²) in [6.07, 6.45) is -0.251. The van der Waals surface area contributed by atoms with Crippen LogP contribution in [0.4, 0.5) is 10.5 Å². The molecular formula is C18H26AsN3O3. The van der Waals surface area contributed by atoms with Gasteiger partial charge in [0.25, 0.3) is 0 Å². The zero-order valence-corrected chi connectivity index (χ0v) is 17.8. The van der Waals surface area contributed by atoms with Crippen LogP contribution in [0, 0.1) is 0 Å². The van der Waals surface area contributed by atoms with E-state index in [4.69, 9.17) is 4.74 Å². The molecule has 1 atom stereocenters. The molecule has 0 aromatic heterocycles. The topological polar surface area (TPSA) is 53.1 Å². The summed E-state index contributed by atoms with van der Waals surface area (Å²) >= 11 is 1.48. The van der Waals surface area contributed by atoms with Crippen LogP contribution in [0.25, 0.3) is 0 Å². The number of hydrogen-bond acceptors (Lipinski definition) is 4. The molecule has 0 bridgehead atoms. The summed E-state index contributed by atoms with van der Waals surface area (Å²) < 4.78 is 6.55. The van der Waals surface area contributed by atoms with Crippen molar-refractivity contribution < 1.29 is 14.3 Å². The summed E-state index contributed by atoms with van der Waals surface area (Å²) in [6, 6.07) is 4.16. The van der Waals surface area contributed by atoms with E-state index in [1.807, 2.05) is 33.9 Å². The van der Waals surface area contributed by atoms with Gasteiger partial charge in [-0.15, -0.1) is 0 Å². The molecule has 25 heavy (non-hydrogen) atoms. The van der Waals surface area contributed by atoms with Crippen molar-refractivity contribution in [1.82, 2.24) is 9.80 Å². The van der Waals surface area contributed by atoms with Crippen molar-refractivity contribution in [2.75, 3.05) is 38.1 Å². The van der Waals surface area contributed by atoms with Crippen LogP contribution in [0.2, 0.25) is 0 Å². The van der Waals surface area contributed by atoms with Gasteiger partial charge in [0.1, 0.15) is 0 Å². The van der Waals surface area contributed by atoms with E-state index in [1.165, 1.54) is 16.9 Å². The molecule has 0 N–H and O–H groups in total. The number of ether oxygens (including phenoxy) is 1. The molecule has 1 aromatic carbocycles. The average Bonchev–Trinajstić information content (AvgIpc) is 2.82. The quantitative estimate of drug-likeness (QED) is 0.640. The van der Waals surface area contributed by atoms with Crippen LogP contribution in [-0.4, -0.2) is 77.5 Å². The van der Waals surface area contributed by atoms with Crippen molar-refractivity contribution in [3.05, 3.63) is 23.3 Å². The first-order valence-corrected chi connectivity index (χ1v) is 9.78. The Morgan fingerprint density at radius 1 is 1.16 bits per heavy atom. The Bertz CT molecular complexity index is 706. The fraction of sp³-hybridized carbons (Fsp3) is 0.556. The minimum atomic E-state index is -0.474. The number of carbonyl (C=O) groups excluding carboxylic acids is 2. The number of piperazine rings is 1. The number of amides is 2. The Kier molecular flexibility index (Phi) is 4.76. The Morgan fingerprint density at radius 2 is 1.80 bits per heavy atom. The molecule has 6 nitrogen and oxygen atoms in total. The number of rotatable bonds is 1. The molecule has 0 aliphatic carbocycles. The van der Waals surface area contributed by atoms with Crippen molar-refractivity contribution in [3.63, 3.8) is 0 Å². The molecule has 2 heterocycles. The number of anilines is 1. The third-order valence-electron chi connectivity index (χ3n) is 4.55. The number of nitrogens with zero attached hydrogens (tertiary/aromatic N) is 3. The van der Waals surface area contributed by atoms with Gasteiger partial charge in [0.15, 0.2) is 0 Å². The Morgan fingerprint density at radius 3 is 2.40 bits per heavy atom. The van der Waals surface area contributed by atoms with E-state index < -0.39 is 5.60 Å². The summed E-state index contributed by atoms with van der Waals surface area (Å²) in [5.74, 6) is 0.114. The van der Waals surface area contributed by atoms with Gasteiger partial charge in [0.2, 0.25) is 0 Å². The average molecular weight is 407 g/mol. The summed E-state index contributed by atoms with van der Waals surface area (Å²) in [7, 11) is 1.85. The van der Waals surface area contributed by atoms with Gasteiger partial charge in [-0.2, -0.15) is 0 Å². The Hall–Kier alpha value is -1.68. The van der Waals surface area contributed by atoms with E-state index in [2.05, 4.69) is 11.0 Å². The maximum atomic E-state index is 12.4. The first-order valence-electron chi connectivity index (χ1n) is 8.57. The van der Waals surface area contributed by atoms with Crippen molar-refractivity contribution >= 4 is 38.9 Å². The molecule has 0 radical (unpaired) electrons. The van der Waals surface area contributed by atoms with Crippen LogP contribution in [0.3, 0.4) is 0 Å². The standard InChI is InChI=1S/C18H26AsN3O3/c1-18(2,3)25-17(24)22-9-7-21(8-10-22)14-6-5-13(19)15-12(14)11-20(4)16(15)23/h5-6H,7-11,19H2,1-4H3. The van der Waals surface area contributed by atoms with E-state index in [-0.39, 0.29) is 12.0 Å². The Balaban J connectivity index is 1.73. The fourth-order valence-corrected chi connectivity index (χ4v) is 4.15. The molecule has 7 heteroatoms. The van der Waals surface area contributed by atoms with Gasteiger partial charge in [-0.1, -0.05) is 0 Å². The van der Waals surface area contributed by atoms with Crippen LogP contribution in [0.1, 0.15) is 36.7 Å².